The number of hydrogen-bond donors (Lipinski definition) is 2. The number of hydrogen-bond acceptors (Lipinski definition) is 9. The van der Waals surface area contributed by atoms with E-state index in [1.54, 1.807) is 13.3 Å². The van der Waals surface area contributed by atoms with Gasteiger partial charge in [-0.1, -0.05) is 59.7 Å². The van der Waals surface area contributed by atoms with Crippen molar-refractivity contribution in [1.82, 2.24) is 15.2 Å². The average Bonchev–Trinajstić information content (AvgIpc) is 3.43. The average molecular weight is 507 g/mol. The van der Waals surface area contributed by atoms with E-state index in [-0.39, 0.29) is 6.01 Å². The summed E-state index contributed by atoms with van der Waals surface area (Å²) in [7, 11) is 3.49. The van der Waals surface area contributed by atoms with Crippen LogP contribution < -0.4 is 10.6 Å². The van der Waals surface area contributed by atoms with Crippen LogP contribution in [0.15, 0.2) is 94.5 Å². The molecule has 9 nitrogen and oxygen atoms in total. The summed E-state index contributed by atoms with van der Waals surface area (Å²) < 4.78 is 11.2. The van der Waals surface area contributed by atoms with Gasteiger partial charge in [0.05, 0.1) is 17.8 Å². The first kappa shape index (κ1) is 24.8. The number of carbonyl (C=O) groups is 1. The molecule has 2 aromatic heterocycles. The fourth-order valence-electron chi connectivity index (χ4n) is 4.19. The Bertz CT molecular complexity index is 1580. The van der Waals surface area contributed by atoms with E-state index in [4.69, 9.17) is 14.1 Å². The Kier molecular flexibility index (Phi) is 7.47. The van der Waals surface area contributed by atoms with Gasteiger partial charge in [-0.25, -0.2) is 0 Å². The zero-order valence-electron chi connectivity index (χ0n) is 21.0. The molecule has 0 saturated carbocycles. The van der Waals surface area contributed by atoms with Gasteiger partial charge in [0.1, 0.15) is 0 Å². The molecule has 0 bridgehead atoms. The molecule has 0 aliphatic rings. The van der Waals surface area contributed by atoms with Crippen LogP contribution in [0.25, 0.3) is 22.4 Å². The number of pyridine rings is 1. The maximum Gasteiger partial charge on any atom is 0.317 e. The molecule has 0 spiro atoms. The van der Waals surface area contributed by atoms with Gasteiger partial charge in [-0.15, -0.1) is 5.10 Å². The molecule has 5 rings (SSSR count). The lowest BCUT2D eigenvalue weighted by Crippen LogP contribution is -2.22. The van der Waals surface area contributed by atoms with Crippen LogP contribution in [-0.4, -0.2) is 47.5 Å². The van der Waals surface area contributed by atoms with Gasteiger partial charge >= 0.3 is 6.01 Å². The predicted molar refractivity (Wildman–Crippen MR) is 147 cm³/mol. The van der Waals surface area contributed by atoms with Gasteiger partial charge in [-0.3, -0.25) is 14.8 Å². The highest BCUT2D eigenvalue weighted by Crippen LogP contribution is 2.29. The maximum atomic E-state index is 12.1. The first-order chi connectivity index (χ1) is 18.7. The highest BCUT2D eigenvalue weighted by molar-refractivity contribution is 6.16. The van der Waals surface area contributed by atoms with E-state index in [0.717, 1.165) is 38.8 Å². The van der Waals surface area contributed by atoms with Crippen molar-refractivity contribution in [2.75, 3.05) is 24.8 Å². The van der Waals surface area contributed by atoms with Crippen LogP contribution in [0.2, 0.25) is 0 Å². The van der Waals surface area contributed by atoms with Crippen molar-refractivity contribution in [3.63, 3.8) is 0 Å². The molecule has 2 heterocycles. The van der Waals surface area contributed by atoms with Gasteiger partial charge < -0.3 is 19.8 Å². The smallest absolute Gasteiger partial charge is 0.317 e. The standard InChI is InChI=1S/C29H26N6O3/c1-30-24-11-7-6-10-22(24)27(20-8-4-3-5-9-20)32-26(17-36)33-29-35-34-28(38-29)21-14-15-31-25-13-12-19(18-37-2)16-23(21)25/h3-17,26,30H,18H2,1-2H3,(H,33,35)/b32-27-. The van der Waals surface area contributed by atoms with Crippen molar-refractivity contribution in [1.29, 1.82) is 0 Å². The van der Waals surface area contributed by atoms with E-state index in [9.17, 15) is 4.79 Å². The normalized spacial score (nSPS) is 12.3. The lowest BCUT2D eigenvalue weighted by molar-refractivity contribution is -0.108. The molecule has 2 N–H and O–H groups in total. The summed E-state index contributed by atoms with van der Waals surface area (Å²) in [6.07, 6.45) is 1.42. The second-order valence-corrected chi connectivity index (χ2v) is 8.42. The number of anilines is 2. The summed E-state index contributed by atoms with van der Waals surface area (Å²) >= 11 is 0. The lowest BCUT2D eigenvalue weighted by atomic mass is 10.0. The molecule has 0 aliphatic heterocycles. The van der Waals surface area contributed by atoms with Crippen molar-refractivity contribution in [3.05, 3.63) is 102 Å². The number of para-hydroxylation sites is 1. The Morgan fingerprint density at radius 1 is 1.05 bits per heavy atom. The number of carbonyl (C=O) groups excluding carboxylic acids is 1. The van der Waals surface area contributed by atoms with Gasteiger partial charge in [-0.2, -0.15) is 0 Å². The Morgan fingerprint density at radius 2 is 1.87 bits per heavy atom. The van der Waals surface area contributed by atoms with Crippen molar-refractivity contribution in [2.45, 2.75) is 12.8 Å². The number of aliphatic imine (C=N–C) groups is 1. The van der Waals surface area contributed by atoms with E-state index >= 15 is 0 Å². The molecule has 0 fully saturated rings. The summed E-state index contributed by atoms with van der Waals surface area (Å²) in [5.74, 6) is 0.298. The Morgan fingerprint density at radius 3 is 2.66 bits per heavy atom. The second-order valence-electron chi connectivity index (χ2n) is 8.42. The lowest BCUT2D eigenvalue weighted by Gasteiger charge is -2.15. The molecule has 1 atom stereocenters. The van der Waals surface area contributed by atoms with Crippen LogP contribution in [0, 0.1) is 0 Å². The first-order valence-corrected chi connectivity index (χ1v) is 12.0. The van der Waals surface area contributed by atoms with Crippen molar-refractivity contribution < 1.29 is 13.9 Å². The Balaban J connectivity index is 1.48. The SMILES string of the molecule is CNc1ccccc1/C(=N\C(C=O)Nc1nnc(-c2ccnc3ccc(COC)cc23)o1)c1ccccc1. The fourth-order valence-corrected chi connectivity index (χ4v) is 4.19. The van der Waals surface area contributed by atoms with E-state index < -0.39 is 6.17 Å². The highest BCUT2D eigenvalue weighted by atomic mass is 16.5. The monoisotopic (exact) mass is 506 g/mol. The summed E-state index contributed by atoms with van der Waals surface area (Å²) in [6.45, 7) is 0.473. The summed E-state index contributed by atoms with van der Waals surface area (Å²) in [6, 6.07) is 25.2. The quantitative estimate of drug-likeness (QED) is 0.202. The van der Waals surface area contributed by atoms with Crippen LogP contribution in [0.3, 0.4) is 0 Å². The minimum atomic E-state index is -0.967. The minimum absolute atomic E-state index is 0.0770. The summed E-state index contributed by atoms with van der Waals surface area (Å²) in [4.78, 5) is 21.3. The fraction of sp³-hybridized carbons (Fsp3) is 0.138. The topological polar surface area (TPSA) is 115 Å². The van der Waals surface area contributed by atoms with Crippen LogP contribution in [-0.2, 0) is 16.1 Å². The third kappa shape index (κ3) is 5.28. The molecule has 38 heavy (non-hydrogen) atoms. The molecule has 0 radical (unpaired) electrons. The number of nitrogens with one attached hydrogen (secondary N) is 2. The van der Waals surface area contributed by atoms with Gasteiger partial charge in [-0.05, 0) is 29.8 Å². The molecular weight excluding hydrogens is 480 g/mol. The van der Waals surface area contributed by atoms with Crippen molar-refractivity contribution >= 4 is 34.6 Å². The van der Waals surface area contributed by atoms with Crippen molar-refractivity contribution in [2.24, 2.45) is 4.99 Å². The maximum absolute atomic E-state index is 12.1. The zero-order chi connectivity index (χ0) is 26.3. The number of nitrogens with zero attached hydrogens (tertiary/aromatic N) is 4. The number of ether oxygens (including phenoxy) is 1. The third-order valence-electron chi connectivity index (χ3n) is 5.94. The van der Waals surface area contributed by atoms with E-state index in [1.807, 2.05) is 85.9 Å². The number of fused-ring (bicyclic) bond motifs is 1. The molecule has 9 heteroatoms. The van der Waals surface area contributed by atoms with Crippen LogP contribution in [0.1, 0.15) is 16.7 Å². The third-order valence-corrected chi connectivity index (χ3v) is 5.94. The Hall–Kier alpha value is -4.89. The minimum Gasteiger partial charge on any atom is -0.403 e. The summed E-state index contributed by atoms with van der Waals surface area (Å²) in [5.41, 5.74) is 5.77. The van der Waals surface area contributed by atoms with Gasteiger partial charge in [0, 0.05) is 48.1 Å². The molecular formula is C29H26N6O3. The number of methoxy groups -OCH3 is 1. The molecule has 3 aromatic carbocycles. The number of aldehydes is 1. The molecule has 1 unspecified atom stereocenters. The van der Waals surface area contributed by atoms with Crippen LogP contribution in [0.5, 0.6) is 0 Å². The van der Waals surface area contributed by atoms with Crippen LogP contribution in [0.4, 0.5) is 11.7 Å². The highest BCUT2D eigenvalue weighted by Gasteiger charge is 2.18. The molecule has 5 aromatic rings. The molecule has 190 valence electrons. The summed E-state index contributed by atoms with van der Waals surface area (Å²) in [5, 5.41) is 15.3. The second kappa shape index (κ2) is 11.4. The van der Waals surface area contributed by atoms with Crippen LogP contribution >= 0.6 is 0 Å². The Labute approximate surface area is 219 Å². The van der Waals surface area contributed by atoms with Gasteiger partial charge in [0.2, 0.25) is 5.89 Å². The van der Waals surface area contributed by atoms with Gasteiger partial charge in [0.25, 0.3) is 0 Å². The number of benzene rings is 3. The van der Waals surface area contributed by atoms with E-state index in [0.29, 0.717) is 24.5 Å². The van der Waals surface area contributed by atoms with E-state index in [2.05, 4.69) is 25.8 Å². The number of aromatic nitrogens is 3. The van der Waals surface area contributed by atoms with E-state index in [1.165, 1.54) is 0 Å². The largest absolute Gasteiger partial charge is 0.403 e. The molecule has 0 saturated heterocycles. The number of rotatable bonds is 10. The molecule has 0 aliphatic carbocycles. The first-order valence-electron chi connectivity index (χ1n) is 12.0. The van der Waals surface area contributed by atoms with Crippen molar-refractivity contribution in [3.8, 4) is 11.5 Å². The predicted octanol–water partition coefficient (Wildman–Crippen LogP) is 4.95. The van der Waals surface area contributed by atoms with Gasteiger partial charge in [0.15, 0.2) is 12.5 Å². The molecule has 0 amide bonds. The zero-order valence-corrected chi connectivity index (χ0v) is 21.0.